The molecule has 0 spiro atoms. The molecule has 0 fully saturated rings. The summed E-state index contributed by atoms with van der Waals surface area (Å²) in [6, 6.07) is 0. The minimum atomic E-state index is -0.966. The molecule has 1 amide bonds. The molecule has 25 heavy (non-hydrogen) atoms. The van der Waals surface area contributed by atoms with E-state index in [0.717, 1.165) is 5.57 Å². The first kappa shape index (κ1) is 22.8. The van der Waals surface area contributed by atoms with E-state index < -0.39 is 33.3 Å². The van der Waals surface area contributed by atoms with E-state index in [2.05, 4.69) is 20.8 Å². The topological polar surface area (TPSA) is 60.8 Å². The predicted molar refractivity (Wildman–Crippen MR) is 105 cm³/mol. The second-order valence-electron chi connectivity index (χ2n) is 7.56. The van der Waals surface area contributed by atoms with Gasteiger partial charge in [-0.05, 0) is 0 Å². The van der Waals surface area contributed by atoms with E-state index in [1.165, 1.54) is 66.3 Å². The molecule has 0 aromatic heterocycles. The number of unbranched alkanes of at least 4 members (excludes halogenated alkanes) is 3. The van der Waals surface area contributed by atoms with Crippen LogP contribution in [-0.2, 0) is 0 Å². The maximum absolute atomic E-state index is 11.4. The van der Waals surface area contributed by atoms with Gasteiger partial charge in [0.2, 0.25) is 0 Å². The summed E-state index contributed by atoms with van der Waals surface area (Å²) in [5, 5.41) is 19.8. The Hall–Kier alpha value is -0.231. The monoisotopic (exact) mass is 459 g/mol. The second-order valence-corrected chi connectivity index (χ2v) is 13.0. The van der Waals surface area contributed by atoms with Gasteiger partial charge in [-0.15, -0.1) is 0 Å². The number of nitrogens with zero attached hydrogens (tertiary/aromatic N) is 1. The number of rotatable bonds is 11. The van der Waals surface area contributed by atoms with Crippen LogP contribution < -0.4 is 0 Å². The quantitative estimate of drug-likeness (QED) is 0.427. The van der Waals surface area contributed by atoms with Gasteiger partial charge in [-0.2, -0.15) is 0 Å². The Kier molecular flexibility index (Phi) is 10.5. The molecule has 144 valence electrons. The van der Waals surface area contributed by atoms with Crippen molar-refractivity contribution in [1.82, 2.24) is 4.90 Å². The van der Waals surface area contributed by atoms with E-state index in [-0.39, 0.29) is 6.54 Å². The normalized spacial score (nSPS) is 18.8. The van der Waals surface area contributed by atoms with Gasteiger partial charge in [-0.1, -0.05) is 0 Å². The molecule has 0 aromatic rings. The molecule has 1 aliphatic rings. The number of carboxylic acid groups (broad SMARTS) is 1. The van der Waals surface area contributed by atoms with Gasteiger partial charge in [0, 0.05) is 0 Å². The first-order valence-corrected chi connectivity index (χ1v) is 12.9. The Bertz CT molecular complexity index is 428. The van der Waals surface area contributed by atoms with Gasteiger partial charge in [-0.25, -0.2) is 0 Å². The van der Waals surface area contributed by atoms with Crippen LogP contribution in [0.25, 0.3) is 0 Å². The van der Waals surface area contributed by atoms with E-state index in [1.54, 1.807) is 0 Å². The van der Waals surface area contributed by atoms with Crippen LogP contribution in [0.15, 0.2) is 9.16 Å². The predicted octanol–water partition coefficient (Wildman–Crippen LogP) is 5.05. The molecule has 1 aliphatic heterocycles. The van der Waals surface area contributed by atoms with Crippen molar-refractivity contribution in [2.24, 2.45) is 0 Å². The van der Waals surface area contributed by atoms with Crippen LogP contribution in [0.2, 0.25) is 3.43 Å². The van der Waals surface area contributed by atoms with Crippen LogP contribution >= 0.6 is 0 Å². The first-order valence-electron chi connectivity index (χ1n) is 10.0. The maximum atomic E-state index is 11.4. The summed E-state index contributed by atoms with van der Waals surface area (Å²) in [6.07, 6.45) is 9.83. The fraction of sp³-hybridized carbons (Fsp3) is 0.850. The van der Waals surface area contributed by atoms with E-state index in [0.29, 0.717) is 9.98 Å². The van der Waals surface area contributed by atoms with E-state index in [1.807, 2.05) is 6.92 Å². The molecule has 2 radical (unpaired) electrons. The van der Waals surface area contributed by atoms with Crippen LogP contribution in [0.5, 0.6) is 0 Å². The standard InChI is InChI=1S/C13H27.C7H10NO3.Sn/c1-4-7-10-13(11-8-5-2)12-9-6-3;1-5-2-3-8(7(10)11)4-6(5)9;/h4-12H2,1-3H3;6,9H,3-4H2,1H3,(H,10,11);. The summed E-state index contributed by atoms with van der Waals surface area (Å²) < 4.78 is 1.76. The summed E-state index contributed by atoms with van der Waals surface area (Å²) in [5.41, 5.74) is 1.08. The van der Waals surface area contributed by atoms with E-state index >= 15 is 0 Å². The SMILES string of the molecule is CCCC[C](CCCC)(CCCC)[Sn][C]1=C(C)C(O)CN(C(=O)O)C1. The van der Waals surface area contributed by atoms with Crippen LogP contribution in [0.4, 0.5) is 4.79 Å². The minimum absolute atomic E-state index is 0.232. The molecule has 1 unspecified atom stereocenters. The van der Waals surface area contributed by atoms with Gasteiger partial charge < -0.3 is 0 Å². The molecule has 1 atom stereocenters. The van der Waals surface area contributed by atoms with Crippen LogP contribution in [0.1, 0.15) is 85.5 Å². The number of hydrogen-bond donors (Lipinski definition) is 2. The zero-order valence-corrected chi connectivity index (χ0v) is 19.5. The van der Waals surface area contributed by atoms with Crippen LogP contribution in [0.3, 0.4) is 0 Å². The fourth-order valence-corrected chi connectivity index (χ4v) is 9.86. The average Bonchev–Trinajstić information content (AvgIpc) is 2.59. The number of amides is 1. The Morgan fingerprint density at radius 2 is 1.60 bits per heavy atom. The van der Waals surface area contributed by atoms with Gasteiger partial charge in [0.15, 0.2) is 0 Å². The van der Waals surface area contributed by atoms with Crippen molar-refractivity contribution < 1.29 is 15.0 Å². The molecular formula is C20H37NO3Sn. The molecule has 1 heterocycles. The van der Waals surface area contributed by atoms with Gasteiger partial charge >= 0.3 is 164 Å². The van der Waals surface area contributed by atoms with Crippen molar-refractivity contribution >= 4 is 27.2 Å². The number of carbonyl (C=O) groups is 1. The molecule has 0 saturated carbocycles. The third-order valence-corrected chi connectivity index (χ3v) is 11.5. The zero-order valence-electron chi connectivity index (χ0n) is 16.6. The summed E-state index contributed by atoms with van der Waals surface area (Å²) >= 11 is -0.966. The van der Waals surface area contributed by atoms with Gasteiger partial charge in [0.1, 0.15) is 0 Å². The van der Waals surface area contributed by atoms with E-state index in [9.17, 15) is 15.0 Å². The van der Waals surface area contributed by atoms with Gasteiger partial charge in [0.05, 0.1) is 0 Å². The fourth-order valence-electron chi connectivity index (χ4n) is 3.64. The molecule has 0 saturated heterocycles. The van der Waals surface area contributed by atoms with Crippen LogP contribution in [0, 0.1) is 0 Å². The number of aliphatic hydroxyl groups excluding tert-OH is 1. The zero-order chi connectivity index (χ0) is 18.9. The number of hydrogen-bond acceptors (Lipinski definition) is 2. The Balaban J connectivity index is 3.06. The van der Waals surface area contributed by atoms with Crippen molar-refractivity contribution in [3.63, 3.8) is 0 Å². The third kappa shape index (κ3) is 7.12. The number of β-amino-alcohol motifs (C(OH)–C–C–N with tert-alkyl or cyclic N) is 1. The van der Waals surface area contributed by atoms with Crippen molar-refractivity contribution in [2.45, 2.75) is 95.0 Å². The van der Waals surface area contributed by atoms with Crippen molar-refractivity contribution in [1.29, 1.82) is 0 Å². The second kappa shape index (κ2) is 11.5. The van der Waals surface area contributed by atoms with Gasteiger partial charge in [-0.3, -0.25) is 0 Å². The average molecular weight is 458 g/mol. The van der Waals surface area contributed by atoms with Gasteiger partial charge in [0.25, 0.3) is 0 Å². The Morgan fingerprint density at radius 3 is 2.00 bits per heavy atom. The summed E-state index contributed by atoms with van der Waals surface area (Å²) in [5.74, 6) is 0. The van der Waals surface area contributed by atoms with Crippen molar-refractivity contribution in [3.05, 3.63) is 9.16 Å². The molecule has 4 nitrogen and oxygen atoms in total. The Labute approximate surface area is 164 Å². The van der Waals surface area contributed by atoms with Crippen molar-refractivity contribution in [3.8, 4) is 0 Å². The molecule has 1 rings (SSSR count). The van der Waals surface area contributed by atoms with E-state index in [4.69, 9.17) is 0 Å². The first-order chi connectivity index (χ1) is 11.9. The summed E-state index contributed by atoms with van der Waals surface area (Å²) in [7, 11) is 0. The molecule has 0 aliphatic carbocycles. The number of aliphatic hydroxyl groups is 1. The summed E-state index contributed by atoms with van der Waals surface area (Å²) in [6.45, 7) is 9.58. The van der Waals surface area contributed by atoms with Crippen molar-refractivity contribution in [2.75, 3.05) is 13.1 Å². The summed E-state index contributed by atoms with van der Waals surface area (Å²) in [4.78, 5) is 12.9. The molecular weight excluding hydrogens is 421 g/mol. The third-order valence-electron chi connectivity index (χ3n) is 5.43. The molecule has 2 N–H and O–H groups in total. The van der Waals surface area contributed by atoms with Crippen LogP contribution in [-0.4, -0.2) is 61.5 Å². The molecule has 0 bridgehead atoms. The molecule has 0 aromatic carbocycles. The molecule has 5 heteroatoms. The Morgan fingerprint density at radius 1 is 1.12 bits per heavy atom.